The van der Waals surface area contributed by atoms with E-state index < -0.39 is 7.92 Å². The van der Waals surface area contributed by atoms with E-state index in [0.717, 1.165) is 16.8 Å². The predicted octanol–water partition coefficient (Wildman–Crippen LogP) is 11.3. The van der Waals surface area contributed by atoms with Crippen LogP contribution in [-0.4, -0.2) is 11.3 Å². The Morgan fingerprint density at radius 1 is 0.569 bits per heavy atom. The summed E-state index contributed by atoms with van der Waals surface area (Å²) in [6, 6.07) is 57.3. The minimum atomic E-state index is -0.877. The van der Waals surface area contributed by atoms with Gasteiger partial charge in [-0.1, -0.05) is 133 Å². The predicted molar refractivity (Wildman–Crippen MR) is 221 cm³/mol. The van der Waals surface area contributed by atoms with Gasteiger partial charge in [-0.05, 0) is 76.4 Å². The summed E-state index contributed by atoms with van der Waals surface area (Å²) in [4.78, 5) is 4.82. The van der Waals surface area contributed by atoms with E-state index in [1.165, 1.54) is 27.0 Å². The van der Waals surface area contributed by atoms with E-state index in [9.17, 15) is 5.11 Å². The van der Waals surface area contributed by atoms with E-state index in [0.29, 0.717) is 17.6 Å². The molecule has 0 heterocycles. The van der Waals surface area contributed by atoms with Gasteiger partial charge < -0.3 is 5.11 Å². The first-order valence-corrected chi connectivity index (χ1v) is 19.0. The van der Waals surface area contributed by atoms with Crippen LogP contribution in [0.25, 0.3) is 0 Å². The van der Waals surface area contributed by atoms with Crippen molar-refractivity contribution in [3.63, 3.8) is 0 Å². The summed E-state index contributed by atoms with van der Waals surface area (Å²) in [7, 11) is -0.877. The van der Waals surface area contributed by atoms with Crippen LogP contribution in [0.15, 0.2) is 163 Å². The maximum absolute atomic E-state index is 10.7. The summed E-state index contributed by atoms with van der Waals surface area (Å²) >= 11 is 0. The maximum atomic E-state index is 10.7. The van der Waals surface area contributed by atoms with Crippen molar-refractivity contribution in [3.05, 3.63) is 186 Å². The second kappa shape index (κ2) is 20.5. The first kappa shape index (κ1) is 41.1. The van der Waals surface area contributed by atoms with E-state index in [1.807, 2.05) is 48.5 Å². The van der Waals surface area contributed by atoms with Gasteiger partial charge in [0.1, 0.15) is 21.7 Å². The van der Waals surface area contributed by atoms with Crippen molar-refractivity contribution in [2.75, 3.05) is 0 Å². The van der Waals surface area contributed by atoms with Crippen LogP contribution in [0, 0.1) is 6.07 Å². The van der Waals surface area contributed by atoms with Crippen LogP contribution in [0.5, 0.6) is 5.75 Å². The monoisotopic (exact) mass is 735 g/mol. The van der Waals surface area contributed by atoms with Crippen molar-refractivity contribution in [1.29, 1.82) is 0 Å². The quantitative estimate of drug-likeness (QED) is 0.0753. The molecule has 0 fully saturated rings. The Labute approximate surface area is 318 Å². The van der Waals surface area contributed by atoms with Gasteiger partial charge in [-0.15, -0.1) is 0 Å². The number of para-hydroxylation sites is 2. The van der Waals surface area contributed by atoms with E-state index in [1.54, 1.807) is 6.21 Å². The molecule has 0 spiro atoms. The molecular formula is C47H52NNiOP. The largest absolute Gasteiger partial charge is 0.507 e. The fourth-order valence-corrected chi connectivity index (χ4v) is 8.30. The molecule has 0 aromatic heterocycles. The molecular weight excluding hydrogens is 684 g/mol. The van der Waals surface area contributed by atoms with Crippen LogP contribution in [0.1, 0.15) is 82.6 Å². The Morgan fingerprint density at radius 3 is 1.33 bits per heavy atom. The van der Waals surface area contributed by atoms with Crippen molar-refractivity contribution < 1.29 is 21.6 Å². The molecule has 0 aliphatic carbocycles. The molecule has 1 N–H and O–H groups in total. The Balaban J connectivity index is 0.000000237. The second-order valence-electron chi connectivity index (χ2n) is 13.9. The van der Waals surface area contributed by atoms with Crippen molar-refractivity contribution in [1.82, 2.24) is 0 Å². The molecule has 2 nitrogen and oxygen atoms in total. The van der Waals surface area contributed by atoms with Gasteiger partial charge in [0.15, 0.2) is 0 Å². The number of phenolic OH excluding ortho intramolecular Hbond substituents is 1. The first-order chi connectivity index (χ1) is 24.1. The van der Waals surface area contributed by atoms with Crippen LogP contribution in [0.2, 0.25) is 0 Å². The van der Waals surface area contributed by atoms with Gasteiger partial charge in [-0.25, -0.2) is 0 Å². The fourth-order valence-electron chi connectivity index (χ4n) is 5.72. The van der Waals surface area contributed by atoms with Crippen LogP contribution in [0.4, 0.5) is 5.69 Å². The Bertz CT molecular complexity index is 1740. The van der Waals surface area contributed by atoms with Gasteiger partial charge in [-0.3, -0.25) is 4.99 Å². The molecule has 51 heavy (non-hydrogen) atoms. The Hall–Kier alpha value is -4.29. The number of phenols is 1. The summed E-state index contributed by atoms with van der Waals surface area (Å²) in [6.45, 7) is 15.1. The van der Waals surface area contributed by atoms with E-state index in [4.69, 9.17) is 4.99 Å². The van der Waals surface area contributed by atoms with Crippen molar-refractivity contribution in [2.45, 2.75) is 65.7 Å². The van der Waals surface area contributed by atoms with Crippen LogP contribution in [-0.2, 0) is 21.9 Å². The van der Waals surface area contributed by atoms with Crippen LogP contribution >= 0.6 is 7.92 Å². The average Bonchev–Trinajstić information content (AvgIpc) is 3.13. The van der Waals surface area contributed by atoms with Gasteiger partial charge in [0.2, 0.25) is 0 Å². The third-order valence-corrected chi connectivity index (χ3v) is 11.1. The molecule has 266 valence electrons. The molecule has 0 atom stereocenters. The number of rotatable bonds is 7. The van der Waals surface area contributed by atoms with Crippen LogP contribution < -0.4 is 15.9 Å². The zero-order chi connectivity index (χ0) is 35.9. The van der Waals surface area contributed by atoms with Gasteiger partial charge >= 0.3 is 0 Å². The van der Waals surface area contributed by atoms with Gasteiger partial charge in [0.05, 0.1) is 13.6 Å². The summed E-state index contributed by atoms with van der Waals surface area (Å²) in [5, 5.41) is 15.0. The van der Waals surface area contributed by atoms with Crippen LogP contribution in [0.3, 0.4) is 0 Å². The smallest absolute Gasteiger partial charge is 0.128 e. The molecule has 0 saturated heterocycles. The van der Waals surface area contributed by atoms with Crippen molar-refractivity contribution in [3.8, 4) is 5.75 Å². The van der Waals surface area contributed by atoms with E-state index >= 15 is 0 Å². The van der Waals surface area contributed by atoms with E-state index in [-0.39, 0.29) is 21.9 Å². The summed E-state index contributed by atoms with van der Waals surface area (Å²) in [5.74, 6) is 1.13. The first-order valence-electron chi connectivity index (χ1n) is 17.5. The standard InChI is InChI=1S/C23H31NO.C18H15P.C6H5.Ni/c1-15(2)18-11-9-12-19(16(3)4)21(18)24-14-17-10-8-13-20(22(17)25)23(5,6)7;1-4-10-16(11-5-1)19(17-12-6-2-7-13-17)18-14-8-3-9-15-18;1-2-4-6-5-3-1;/h8-16,25H,1-7H3;1-15H;1-5H;/q;;-1;/p+1. The Morgan fingerprint density at radius 2 is 0.980 bits per heavy atom. The molecule has 0 unspecified atom stereocenters. The Kier molecular flexibility index (Phi) is 16.6. The number of aliphatic imine (C=N–C) groups is 1. The van der Waals surface area contributed by atoms with E-state index in [2.05, 4.69) is 164 Å². The maximum Gasteiger partial charge on any atom is 0.128 e. The second-order valence-corrected chi connectivity index (χ2v) is 16.4. The van der Waals surface area contributed by atoms with Crippen molar-refractivity contribution >= 4 is 35.7 Å². The molecule has 6 aromatic rings. The summed E-state index contributed by atoms with van der Waals surface area (Å²) in [6.07, 6.45) is 1.80. The van der Waals surface area contributed by atoms with Crippen molar-refractivity contribution in [2.24, 2.45) is 4.99 Å². The number of benzene rings is 6. The summed E-state index contributed by atoms with van der Waals surface area (Å²) in [5.41, 5.74) is 5.13. The number of aromatic hydroxyl groups is 1. The zero-order valence-corrected chi connectivity index (χ0v) is 32.9. The molecule has 0 bridgehead atoms. The fraction of sp³-hybridized carbons (Fsp3) is 0.213. The third kappa shape index (κ3) is 12.2. The molecule has 0 saturated carbocycles. The SMILES string of the molecule is CC(C)c1cccc(C(C)C)c1N=Cc1cccc(C(C)(C)C)c1O.[Ni].[c-]1ccccc1.c1ccc([PH+](c2ccccc2)c2ccccc2)cc1. The molecule has 0 aliphatic rings. The number of hydrogen-bond acceptors (Lipinski definition) is 2. The molecule has 6 rings (SSSR count). The third-order valence-electron chi connectivity index (χ3n) is 8.34. The minimum Gasteiger partial charge on any atom is -0.507 e. The van der Waals surface area contributed by atoms with Gasteiger partial charge in [-0.2, -0.15) is 36.4 Å². The average molecular weight is 737 g/mol. The normalized spacial score (nSPS) is 11.0. The number of nitrogens with zero attached hydrogens (tertiary/aromatic N) is 1. The molecule has 6 aromatic carbocycles. The molecule has 0 amide bonds. The molecule has 4 heteroatoms. The minimum absolute atomic E-state index is 0. The number of hydrogen-bond donors (Lipinski definition) is 1. The molecule has 0 aliphatic heterocycles. The summed E-state index contributed by atoms with van der Waals surface area (Å²) < 4.78 is 0. The molecule has 0 radical (unpaired) electrons. The topological polar surface area (TPSA) is 32.6 Å². The zero-order valence-electron chi connectivity index (χ0n) is 31.0. The van der Waals surface area contributed by atoms with Gasteiger partial charge in [0, 0.05) is 28.3 Å². The van der Waals surface area contributed by atoms with Gasteiger partial charge in [0.25, 0.3) is 0 Å².